The summed E-state index contributed by atoms with van der Waals surface area (Å²) in [5.41, 5.74) is 3.75. The number of nitrogens with zero attached hydrogens (tertiary/aromatic N) is 1. The van der Waals surface area contributed by atoms with Crippen molar-refractivity contribution in [2.24, 2.45) is 0 Å². The number of H-pyrrole nitrogens is 1. The molecule has 4 rings (SSSR count). The SMILES string of the molecule is COc1ccc2[nH]cc(C3CCN(C(=O)c4ccc(NC(C)=O)cc4)CC3)c2c1. The van der Waals surface area contributed by atoms with Gasteiger partial charge >= 0.3 is 0 Å². The maximum atomic E-state index is 12.8. The van der Waals surface area contributed by atoms with Crippen molar-refractivity contribution in [3.8, 4) is 5.75 Å². The first-order valence-electron chi connectivity index (χ1n) is 9.87. The highest BCUT2D eigenvalue weighted by Gasteiger charge is 2.26. The maximum Gasteiger partial charge on any atom is 0.253 e. The molecule has 0 spiro atoms. The Balaban J connectivity index is 1.43. The van der Waals surface area contributed by atoms with E-state index >= 15 is 0 Å². The average molecular weight is 391 g/mol. The minimum atomic E-state index is -0.124. The lowest BCUT2D eigenvalue weighted by Gasteiger charge is -2.32. The second-order valence-electron chi connectivity index (χ2n) is 7.48. The first-order chi connectivity index (χ1) is 14.0. The summed E-state index contributed by atoms with van der Waals surface area (Å²) in [6, 6.07) is 13.1. The second-order valence-corrected chi connectivity index (χ2v) is 7.48. The molecule has 1 aliphatic rings. The predicted octanol–water partition coefficient (Wildman–Crippen LogP) is 4.15. The van der Waals surface area contributed by atoms with Gasteiger partial charge in [0, 0.05) is 48.4 Å². The zero-order chi connectivity index (χ0) is 20.4. The fourth-order valence-corrected chi connectivity index (χ4v) is 4.06. The molecular weight excluding hydrogens is 366 g/mol. The molecule has 29 heavy (non-hydrogen) atoms. The summed E-state index contributed by atoms with van der Waals surface area (Å²) in [5, 5.41) is 3.92. The normalized spacial score (nSPS) is 14.8. The molecule has 1 aliphatic heterocycles. The molecule has 0 radical (unpaired) electrons. The third kappa shape index (κ3) is 3.97. The van der Waals surface area contributed by atoms with Gasteiger partial charge in [-0.25, -0.2) is 0 Å². The molecule has 1 saturated heterocycles. The first-order valence-corrected chi connectivity index (χ1v) is 9.87. The molecule has 2 heterocycles. The number of rotatable bonds is 4. The molecule has 2 aromatic carbocycles. The zero-order valence-electron chi connectivity index (χ0n) is 16.7. The van der Waals surface area contributed by atoms with Gasteiger partial charge in [-0.3, -0.25) is 9.59 Å². The molecule has 6 heteroatoms. The number of carbonyl (C=O) groups is 2. The highest BCUT2D eigenvalue weighted by molar-refractivity contribution is 5.95. The van der Waals surface area contributed by atoms with E-state index in [9.17, 15) is 9.59 Å². The number of hydrogen-bond acceptors (Lipinski definition) is 3. The van der Waals surface area contributed by atoms with E-state index in [1.165, 1.54) is 17.9 Å². The van der Waals surface area contributed by atoms with Gasteiger partial charge < -0.3 is 19.9 Å². The number of benzene rings is 2. The van der Waals surface area contributed by atoms with Crippen LogP contribution in [0.4, 0.5) is 5.69 Å². The fraction of sp³-hybridized carbons (Fsp3) is 0.304. The number of amides is 2. The lowest BCUT2D eigenvalue weighted by molar-refractivity contribution is -0.114. The highest BCUT2D eigenvalue weighted by atomic mass is 16.5. The highest BCUT2D eigenvalue weighted by Crippen LogP contribution is 2.35. The quantitative estimate of drug-likeness (QED) is 0.701. The van der Waals surface area contributed by atoms with Gasteiger partial charge in [0.15, 0.2) is 0 Å². The van der Waals surface area contributed by atoms with Gasteiger partial charge in [0.25, 0.3) is 5.91 Å². The third-order valence-corrected chi connectivity index (χ3v) is 5.60. The van der Waals surface area contributed by atoms with E-state index in [1.807, 2.05) is 17.0 Å². The Morgan fingerprint density at radius 2 is 1.83 bits per heavy atom. The number of fused-ring (bicyclic) bond motifs is 1. The fourth-order valence-electron chi connectivity index (χ4n) is 4.06. The van der Waals surface area contributed by atoms with E-state index in [-0.39, 0.29) is 11.8 Å². The van der Waals surface area contributed by atoms with E-state index in [0.717, 1.165) is 37.2 Å². The van der Waals surface area contributed by atoms with Crippen LogP contribution in [0.5, 0.6) is 5.75 Å². The number of aromatic nitrogens is 1. The second kappa shape index (κ2) is 7.99. The largest absolute Gasteiger partial charge is 0.497 e. The molecule has 2 amide bonds. The number of ether oxygens (including phenoxy) is 1. The topological polar surface area (TPSA) is 74.4 Å². The molecule has 0 saturated carbocycles. The van der Waals surface area contributed by atoms with Crippen molar-refractivity contribution >= 4 is 28.4 Å². The van der Waals surface area contributed by atoms with Gasteiger partial charge in [0.05, 0.1) is 7.11 Å². The van der Waals surface area contributed by atoms with Crippen LogP contribution in [-0.4, -0.2) is 41.9 Å². The van der Waals surface area contributed by atoms with Gasteiger partial charge in [-0.1, -0.05) is 0 Å². The number of hydrogen-bond donors (Lipinski definition) is 2. The smallest absolute Gasteiger partial charge is 0.253 e. The molecule has 2 N–H and O–H groups in total. The number of methoxy groups -OCH3 is 1. The molecule has 3 aromatic rings. The van der Waals surface area contributed by atoms with Crippen LogP contribution in [0.15, 0.2) is 48.7 Å². The lowest BCUT2D eigenvalue weighted by Crippen LogP contribution is -2.37. The Morgan fingerprint density at radius 1 is 1.10 bits per heavy atom. The van der Waals surface area contributed by atoms with E-state index in [4.69, 9.17) is 4.74 Å². The number of likely N-dealkylation sites (tertiary alicyclic amines) is 1. The van der Waals surface area contributed by atoms with E-state index in [0.29, 0.717) is 17.2 Å². The van der Waals surface area contributed by atoms with Gasteiger partial charge in [0.1, 0.15) is 5.75 Å². The van der Waals surface area contributed by atoms with E-state index in [2.05, 4.69) is 22.6 Å². The maximum absolute atomic E-state index is 12.8. The monoisotopic (exact) mass is 391 g/mol. The number of nitrogens with one attached hydrogen (secondary N) is 2. The van der Waals surface area contributed by atoms with Crippen LogP contribution in [0.3, 0.4) is 0 Å². The van der Waals surface area contributed by atoms with Crippen molar-refractivity contribution in [3.63, 3.8) is 0 Å². The van der Waals surface area contributed by atoms with Crippen molar-refractivity contribution in [3.05, 3.63) is 59.8 Å². The molecule has 0 unspecified atom stereocenters. The van der Waals surface area contributed by atoms with E-state index < -0.39 is 0 Å². The van der Waals surface area contributed by atoms with Crippen LogP contribution >= 0.6 is 0 Å². The summed E-state index contributed by atoms with van der Waals surface area (Å²) in [6.45, 7) is 2.92. The zero-order valence-corrected chi connectivity index (χ0v) is 16.7. The van der Waals surface area contributed by atoms with Crippen LogP contribution in [0.2, 0.25) is 0 Å². The van der Waals surface area contributed by atoms with Crippen molar-refractivity contribution < 1.29 is 14.3 Å². The summed E-state index contributed by atoms with van der Waals surface area (Å²) in [7, 11) is 1.68. The van der Waals surface area contributed by atoms with Crippen molar-refractivity contribution in [2.45, 2.75) is 25.7 Å². The molecule has 0 atom stereocenters. The summed E-state index contributed by atoms with van der Waals surface area (Å²) >= 11 is 0. The molecule has 1 aromatic heterocycles. The Morgan fingerprint density at radius 3 is 2.48 bits per heavy atom. The third-order valence-electron chi connectivity index (χ3n) is 5.60. The minimum absolute atomic E-state index is 0.0402. The van der Waals surface area contributed by atoms with Crippen molar-refractivity contribution in [1.82, 2.24) is 9.88 Å². The van der Waals surface area contributed by atoms with Crippen LogP contribution in [0.1, 0.15) is 41.6 Å². The van der Waals surface area contributed by atoms with Gasteiger partial charge in [-0.2, -0.15) is 0 Å². The number of anilines is 1. The molecule has 0 aliphatic carbocycles. The van der Waals surface area contributed by atoms with Crippen LogP contribution in [0.25, 0.3) is 10.9 Å². The Bertz CT molecular complexity index is 1030. The summed E-state index contributed by atoms with van der Waals surface area (Å²) in [5.74, 6) is 1.19. The average Bonchev–Trinajstić information content (AvgIpc) is 3.16. The Kier molecular flexibility index (Phi) is 5.25. The summed E-state index contributed by atoms with van der Waals surface area (Å²) < 4.78 is 5.37. The molecular formula is C23H25N3O3. The molecule has 6 nitrogen and oxygen atoms in total. The standard InChI is InChI=1S/C23H25N3O3/c1-15(27)25-18-5-3-17(4-6-18)23(28)26-11-9-16(10-12-26)21-14-24-22-8-7-19(29-2)13-20(21)22/h3-8,13-14,16,24H,9-12H2,1-2H3,(H,25,27). The lowest BCUT2D eigenvalue weighted by atomic mass is 9.89. The molecule has 150 valence electrons. The summed E-state index contributed by atoms with van der Waals surface area (Å²) in [4.78, 5) is 29.2. The van der Waals surface area contributed by atoms with Crippen LogP contribution in [-0.2, 0) is 4.79 Å². The van der Waals surface area contributed by atoms with Crippen LogP contribution < -0.4 is 10.1 Å². The Hall–Kier alpha value is -3.28. The molecule has 1 fully saturated rings. The first kappa shape index (κ1) is 19.1. The van der Waals surface area contributed by atoms with E-state index in [1.54, 1.807) is 31.4 Å². The number of piperidine rings is 1. The number of aromatic amines is 1. The summed E-state index contributed by atoms with van der Waals surface area (Å²) in [6.07, 6.45) is 3.95. The number of carbonyl (C=O) groups excluding carboxylic acids is 2. The van der Waals surface area contributed by atoms with Gasteiger partial charge in [-0.15, -0.1) is 0 Å². The minimum Gasteiger partial charge on any atom is -0.497 e. The van der Waals surface area contributed by atoms with Crippen molar-refractivity contribution in [1.29, 1.82) is 0 Å². The molecule has 0 bridgehead atoms. The Labute approximate surface area is 169 Å². The van der Waals surface area contributed by atoms with Crippen LogP contribution in [0, 0.1) is 0 Å². The van der Waals surface area contributed by atoms with Gasteiger partial charge in [0.2, 0.25) is 5.91 Å². The predicted molar refractivity (Wildman–Crippen MR) is 113 cm³/mol. The van der Waals surface area contributed by atoms with Gasteiger partial charge in [-0.05, 0) is 66.8 Å². The van der Waals surface area contributed by atoms with Crippen molar-refractivity contribution in [2.75, 3.05) is 25.5 Å².